The molecule has 1 aromatic heterocycles. The SMILES string of the molecule is CCCOc1ccccc1-c1nccnc1N. The fraction of sp³-hybridized carbons (Fsp3) is 0.231. The molecule has 0 aliphatic carbocycles. The summed E-state index contributed by atoms with van der Waals surface area (Å²) in [6.45, 7) is 2.75. The molecule has 2 N–H and O–H groups in total. The zero-order valence-electron chi connectivity index (χ0n) is 9.76. The first kappa shape index (κ1) is 11.4. The molecule has 0 amide bonds. The Kier molecular flexibility index (Phi) is 3.55. The van der Waals surface area contributed by atoms with Gasteiger partial charge in [-0.2, -0.15) is 0 Å². The molecule has 0 atom stereocenters. The summed E-state index contributed by atoms with van der Waals surface area (Å²) in [5.74, 6) is 1.21. The molecule has 0 aliphatic rings. The first-order valence-electron chi connectivity index (χ1n) is 5.61. The molecule has 0 fully saturated rings. The first-order valence-corrected chi connectivity index (χ1v) is 5.61. The van der Waals surface area contributed by atoms with Crippen LogP contribution in [-0.2, 0) is 0 Å². The third-order valence-electron chi connectivity index (χ3n) is 2.33. The highest BCUT2D eigenvalue weighted by atomic mass is 16.5. The summed E-state index contributed by atoms with van der Waals surface area (Å²) in [5, 5.41) is 0. The Hall–Kier alpha value is -2.10. The number of nitrogen functional groups attached to an aromatic ring is 1. The van der Waals surface area contributed by atoms with Gasteiger partial charge in [0.2, 0.25) is 0 Å². The highest BCUT2D eigenvalue weighted by Crippen LogP contribution is 2.30. The topological polar surface area (TPSA) is 61.0 Å². The number of aromatic nitrogens is 2. The molecular weight excluding hydrogens is 214 g/mol. The zero-order chi connectivity index (χ0) is 12.1. The summed E-state index contributed by atoms with van der Waals surface area (Å²) in [7, 11) is 0. The van der Waals surface area contributed by atoms with Crippen molar-refractivity contribution < 1.29 is 4.74 Å². The lowest BCUT2D eigenvalue weighted by atomic mass is 10.1. The Morgan fingerprint density at radius 3 is 2.71 bits per heavy atom. The molecule has 2 aromatic rings. The Bertz CT molecular complexity index is 500. The van der Waals surface area contributed by atoms with Gasteiger partial charge in [0.05, 0.1) is 6.61 Å². The maximum Gasteiger partial charge on any atom is 0.150 e. The van der Waals surface area contributed by atoms with E-state index in [-0.39, 0.29) is 0 Å². The van der Waals surface area contributed by atoms with Crippen LogP contribution in [0.2, 0.25) is 0 Å². The Balaban J connectivity index is 2.41. The summed E-state index contributed by atoms with van der Waals surface area (Å²) >= 11 is 0. The van der Waals surface area contributed by atoms with Crippen LogP contribution in [0.5, 0.6) is 5.75 Å². The molecule has 0 bridgehead atoms. The molecule has 17 heavy (non-hydrogen) atoms. The lowest BCUT2D eigenvalue weighted by Crippen LogP contribution is -2.00. The number of rotatable bonds is 4. The Morgan fingerprint density at radius 1 is 1.18 bits per heavy atom. The summed E-state index contributed by atoms with van der Waals surface area (Å²) in [6, 6.07) is 7.72. The third-order valence-corrected chi connectivity index (χ3v) is 2.33. The van der Waals surface area contributed by atoms with Gasteiger partial charge in [0.25, 0.3) is 0 Å². The third kappa shape index (κ3) is 2.53. The second-order valence-electron chi connectivity index (χ2n) is 3.63. The first-order chi connectivity index (χ1) is 8.33. The molecule has 0 saturated heterocycles. The van der Waals surface area contributed by atoms with Crippen molar-refractivity contribution in [2.45, 2.75) is 13.3 Å². The van der Waals surface area contributed by atoms with E-state index in [2.05, 4.69) is 16.9 Å². The number of benzene rings is 1. The van der Waals surface area contributed by atoms with Crippen LogP contribution < -0.4 is 10.5 Å². The van der Waals surface area contributed by atoms with Gasteiger partial charge < -0.3 is 10.5 Å². The van der Waals surface area contributed by atoms with Gasteiger partial charge in [0.1, 0.15) is 17.3 Å². The second kappa shape index (κ2) is 5.30. The number of hydrogen-bond acceptors (Lipinski definition) is 4. The summed E-state index contributed by atoms with van der Waals surface area (Å²) in [6.07, 6.45) is 4.17. The summed E-state index contributed by atoms with van der Waals surface area (Å²) < 4.78 is 5.67. The van der Waals surface area contributed by atoms with Gasteiger partial charge in [-0.15, -0.1) is 0 Å². The summed E-state index contributed by atoms with van der Waals surface area (Å²) in [4.78, 5) is 8.29. The van der Waals surface area contributed by atoms with Crippen LogP contribution in [0, 0.1) is 0 Å². The lowest BCUT2D eigenvalue weighted by Gasteiger charge is -2.10. The predicted octanol–water partition coefficient (Wildman–Crippen LogP) is 2.51. The zero-order valence-corrected chi connectivity index (χ0v) is 9.76. The van der Waals surface area contributed by atoms with Crippen molar-refractivity contribution >= 4 is 5.82 Å². The van der Waals surface area contributed by atoms with Gasteiger partial charge in [0, 0.05) is 18.0 Å². The number of para-hydroxylation sites is 1. The van der Waals surface area contributed by atoms with Gasteiger partial charge in [-0.05, 0) is 18.6 Å². The normalized spacial score (nSPS) is 10.2. The lowest BCUT2D eigenvalue weighted by molar-refractivity contribution is 0.318. The number of ether oxygens (including phenoxy) is 1. The monoisotopic (exact) mass is 229 g/mol. The smallest absolute Gasteiger partial charge is 0.150 e. The average Bonchev–Trinajstić information content (AvgIpc) is 2.37. The van der Waals surface area contributed by atoms with Crippen molar-refractivity contribution in [3.05, 3.63) is 36.7 Å². The fourth-order valence-electron chi connectivity index (χ4n) is 1.56. The molecule has 0 aliphatic heterocycles. The molecule has 0 unspecified atom stereocenters. The van der Waals surface area contributed by atoms with Crippen LogP contribution in [0.15, 0.2) is 36.7 Å². The quantitative estimate of drug-likeness (QED) is 0.875. The highest BCUT2D eigenvalue weighted by molar-refractivity contribution is 5.74. The molecule has 88 valence electrons. The molecule has 1 heterocycles. The maximum atomic E-state index is 5.82. The Labute approximate surface area is 100 Å². The molecule has 4 nitrogen and oxygen atoms in total. The fourth-order valence-corrected chi connectivity index (χ4v) is 1.56. The van der Waals surface area contributed by atoms with Crippen molar-refractivity contribution in [1.29, 1.82) is 0 Å². The number of hydrogen-bond donors (Lipinski definition) is 1. The van der Waals surface area contributed by atoms with Crippen LogP contribution in [0.1, 0.15) is 13.3 Å². The van der Waals surface area contributed by atoms with Crippen LogP contribution in [0.3, 0.4) is 0 Å². The van der Waals surface area contributed by atoms with Crippen molar-refractivity contribution in [3.8, 4) is 17.0 Å². The van der Waals surface area contributed by atoms with E-state index in [0.29, 0.717) is 18.1 Å². The van der Waals surface area contributed by atoms with Gasteiger partial charge in [0.15, 0.2) is 0 Å². The van der Waals surface area contributed by atoms with Crippen molar-refractivity contribution in [3.63, 3.8) is 0 Å². The van der Waals surface area contributed by atoms with E-state index in [1.807, 2.05) is 24.3 Å². The van der Waals surface area contributed by atoms with Crippen LogP contribution in [-0.4, -0.2) is 16.6 Å². The van der Waals surface area contributed by atoms with E-state index >= 15 is 0 Å². The van der Waals surface area contributed by atoms with Crippen LogP contribution in [0.25, 0.3) is 11.3 Å². The molecule has 0 radical (unpaired) electrons. The minimum absolute atomic E-state index is 0.417. The molecule has 4 heteroatoms. The maximum absolute atomic E-state index is 5.82. The summed E-state index contributed by atoms with van der Waals surface area (Å²) in [5.41, 5.74) is 7.37. The number of nitrogens with two attached hydrogens (primary N) is 1. The minimum Gasteiger partial charge on any atom is -0.493 e. The molecule has 0 saturated carbocycles. The van der Waals surface area contributed by atoms with Crippen LogP contribution in [0.4, 0.5) is 5.82 Å². The van der Waals surface area contributed by atoms with Gasteiger partial charge in [-0.25, -0.2) is 4.98 Å². The van der Waals surface area contributed by atoms with Crippen LogP contribution >= 0.6 is 0 Å². The van der Waals surface area contributed by atoms with E-state index < -0.39 is 0 Å². The van der Waals surface area contributed by atoms with E-state index in [1.165, 1.54) is 0 Å². The highest BCUT2D eigenvalue weighted by Gasteiger charge is 2.10. The molecular formula is C13H15N3O. The molecule has 1 aromatic carbocycles. The second-order valence-corrected chi connectivity index (χ2v) is 3.63. The predicted molar refractivity (Wildman–Crippen MR) is 67.7 cm³/mol. The number of anilines is 1. The average molecular weight is 229 g/mol. The minimum atomic E-state index is 0.417. The van der Waals surface area contributed by atoms with E-state index in [4.69, 9.17) is 10.5 Å². The molecule has 0 spiro atoms. The van der Waals surface area contributed by atoms with E-state index in [1.54, 1.807) is 12.4 Å². The standard InChI is InChI=1S/C13H15N3O/c1-2-9-17-11-6-4-3-5-10(11)12-13(14)16-8-7-15-12/h3-8H,2,9H2,1H3,(H2,14,16). The largest absolute Gasteiger partial charge is 0.493 e. The van der Waals surface area contributed by atoms with Gasteiger partial charge in [-0.3, -0.25) is 4.98 Å². The van der Waals surface area contributed by atoms with E-state index in [9.17, 15) is 0 Å². The Morgan fingerprint density at radius 2 is 1.94 bits per heavy atom. The molecule has 2 rings (SSSR count). The van der Waals surface area contributed by atoms with Crippen molar-refractivity contribution in [2.24, 2.45) is 0 Å². The van der Waals surface area contributed by atoms with Gasteiger partial charge >= 0.3 is 0 Å². The van der Waals surface area contributed by atoms with Gasteiger partial charge in [-0.1, -0.05) is 19.1 Å². The number of nitrogens with zero attached hydrogens (tertiary/aromatic N) is 2. The van der Waals surface area contributed by atoms with Crippen molar-refractivity contribution in [2.75, 3.05) is 12.3 Å². The van der Waals surface area contributed by atoms with Crippen molar-refractivity contribution in [1.82, 2.24) is 9.97 Å². The van der Waals surface area contributed by atoms with E-state index in [0.717, 1.165) is 17.7 Å².